The van der Waals surface area contributed by atoms with E-state index in [1.807, 2.05) is 44.2 Å². The molecule has 3 aromatic carbocycles. The zero-order valence-electron chi connectivity index (χ0n) is 17.4. The summed E-state index contributed by atoms with van der Waals surface area (Å²) in [4.78, 5) is 28.2. The van der Waals surface area contributed by atoms with Gasteiger partial charge in [0, 0.05) is 5.02 Å². The van der Waals surface area contributed by atoms with E-state index in [4.69, 9.17) is 16.3 Å². The van der Waals surface area contributed by atoms with Gasteiger partial charge in [0.25, 0.3) is 11.8 Å². The van der Waals surface area contributed by atoms with Gasteiger partial charge in [-0.2, -0.15) is 0 Å². The van der Waals surface area contributed by atoms with Crippen LogP contribution in [0.15, 0.2) is 72.4 Å². The second-order valence-corrected chi connectivity index (χ2v) is 7.74. The number of benzene rings is 3. The summed E-state index contributed by atoms with van der Waals surface area (Å²) < 4.78 is 5.40. The molecule has 4 rings (SSSR count). The Morgan fingerprint density at radius 3 is 2.29 bits per heavy atom. The lowest BCUT2D eigenvalue weighted by Gasteiger charge is -2.17. The molecule has 0 aliphatic carbocycles. The highest BCUT2D eigenvalue weighted by molar-refractivity contribution is 6.46. The predicted molar refractivity (Wildman–Crippen MR) is 123 cm³/mol. The van der Waals surface area contributed by atoms with Gasteiger partial charge in [-0.25, -0.2) is 4.90 Å². The lowest BCUT2D eigenvalue weighted by molar-refractivity contribution is -0.120. The lowest BCUT2D eigenvalue weighted by Crippen LogP contribution is -2.32. The zero-order valence-corrected chi connectivity index (χ0v) is 18.2. The molecule has 3 aromatic rings. The Labute approximate surface area is 185 Å². The number of nitrogens with one attached hydrogen (secondary N) is 1. The quantitative estimate of drug-likeness (QED) is 0.551. The largest absolute Gasteiger partial charge is 0.495 e. The fraction of sp³-hybridized carbons (Fsp3) is 0.120. The molecule has 5 nitrogen and oxygen atoms in total. The molecule has 31 heavy (non-hydrogen) atoms. The van der Waals surface area contributed by atoms with E-state index in [1.54, 1.807) is 36.4 Å². The Kier molecular flexibility index (Phi) is 5.53. The Balaban J connectivity index is 1.85. The van der Waals surface area contributed by atoms with E-state index in [2.05, 4.69) is 5.32 Å². The van der Waals surface area contributed by atoms with Crippen molar-refractivity contribution in [2.45, 2.75) is 13.8 Å². The average Bonchev–Trinajstić information content (AvgIpc) is 3.00. The van der Waals surface area contributed by atoms with Crippen molar-refractivity contribution in [2.75, 3.05) is 17.3 Å². The Bertz CT molecular complexity index is 1220. The van der Waals surface area contributed by atoms with Crippen molar-refractivity contribution in [3.8, 4) is 5.75 Å². The van der Waals surface area contributed by atoms with E-state index < -0.39 is 5.91 Å². The maximum atomic E-state index is 13.5. The number of amides is 2. The lowest BCUT2D eigenvalue weighted by atomic mass is 10.0. The summed E-state index contributed by atoms with van der Waals surface area (Å²) in [6.45, 7) is 3.93. The van der Waals surface area contributed by atoms with Gasteiger partial charge in [0.05, 0.1) is 24.1 Å². The molecule has 1 heterocycles. The maximum absolute atomic E-state index is 13.5. The number of aryl methyl sites for hydroxylation is 2. The van der Waals surface area contributed by atoms with Crippen LogP contribution >= 0.6 is 11.6 Å². The van der Waals surface area contributed by atoms with Crippen LogP contribution in [0.5, 0.6) is 5.75 Å². The van der Waals surface area contributed by atoms with Gasteiger partial charge in [0.1, 0.15) is 11.4 Å². The number of nitrogens with zero attached hydrogens (tertiary/aromatic N) is 1. The number of hydrogen-bond donors (Lipinski definition) is 1. The van der Waals surface area contributed by atoms with Gasteiger partial charge in [-0.05, 0) is 60.9 Å². The van der Waals surface area contributed by atoms with E-state index in [-0.39, 0.29) is 11.6 Å². The van der Waals surface area contributed by atoms with Crippen molar-refractivity contribution < 1.29 is 14.3 Å². The van der Waals surface area contributed by atoms with Crippen LogP contribution in [0.2, 0.25) is 5.02 Å². The molecule has 0 atom stereocenters. The number of carbonyl (C=O) groups excluding carboxylic acids is 2. The van der Waals surface area contributed by atoms with Crippen LogP contribution in [-0.4, -0.2) is 18.9 Å². The number of rotatable bonds is 5. The van der Waals surface area contributed by atoms with Gasteiger partial charge in [0.2, 0.25) is 0 Å². The summed E-state index contributed by atoms with van der Waals surface area (Å²) in [5.74, 6) is -0.314. The molecule has 0 radical (unpaired) electrons. The van der Waals surface area contributed by atoms with Gasteiger partial charge >= 0.3 is 0 Å². The molecule has 0 fully saturated rings. The maximum Gasteiger partial charge on any atom is 0.282 e. The van der Waals surface area contributed by atoms with Gasteiger partial charge < -0.3 is 10.1 Å². The molecule has 0 saturated heterocycles. The van der Waals surface area contributed by atoms with Gasteiger partial charge in [0.15, 0.2) is 0 Å². The second kappa shape index (κ2) is 8.28. The number of anilines is 2. The van der Waals surface area contributed by atoms with Crippen LogP contribution in [0, 0.1) is 13.8 Å². The Hall–Kier alpha value is -3.57. The minimum atomic E-state index is -0.436. The van der Waals surface area contributed by atoms with E-state index in [0.29, 0.717) is 33.3 Å². The van der Waals surface area contributed by atoms with Crippen LogP contribution in [0.4, 0.5) is 11.4 Å². The Morgan fingerprint density at radius 2 is 1.61 bits per heavy atom. The van der Waals surface area contributed by atoms with E-state index in [9.17, 15) is 9.59 Å². The van der Waals surface area contributed by atoms with Crippen molar-refractivity contribution >= 4 is 40.4 Å². The third kappa shape index (κ3) is 3.80. The summed E-state index contributed by atoms with van der Waals surface area (Å²) in [5, 5.41) is 3.59. The van der Waals surface area contributed by atoms with E-state index in [1.165, 1.54) is 12.0 Å². The number of carbonyl (C=O) groups is 2. The van der Waals surface area contributed by atoms with E-state index in [0.717, 1.165) is 11.1 Å². The number of halogens is 1. The van der Waals surface area contributed by atoms with Gasteiger partial charge in [-0.1, -0.05) is 48.0 Å². The topological polar surface area (TPSA) is 58.6 Å². The molecule has 0 saturated carbocycles. The number of imide groups is 1. The number of ether oxygens (including phenoxy) is 1. The first-order valence-corrected chi connectivity index (χ1v) is 10.1. The molecule has 2 amide bonds. The first-order chi connectivity index (χ1) is 14.9. The smallest absolute Gasteiger partial charge is 0.282 e. The minimum absolute atomic E-state index is 0.176. The van der Waals surface area contributed by atoms with E-state index >= 15 is 0 Å². The van der Waals surface area contributed by atoms with Crippen molar-refractivity contribution in [1.82, 2.24) is 0 Å². The second-order valence-electron chi connectivity index (χ2n) is 7.30. The van der Waals surface area contributed by atoms with Crippen molar-refractivity contribution in [2.24, 2.45) is 0 Å². The highest BCUT2D eigenvalue weighted by Crippen LogP contribution is 2.36. The summed E-state index contributed by atoms with van der Waals surface area (Å²) >= 11 is 6.16. The number of methoxy groups -OCH3 is 1. The van der Waals surface area contributed by atoms with Crippen LogP contribution in [0.1, 0.15) is 16.7 Å². The first kappa shape index (κ1) is 20.7. The van der Waals surface area contributed by atoms with Gasteiger partial charge in [-0.15, -0.1) is 0 Å². The molecule has 6 heteroatoms. The molecule has 156 valence electrons. The highest BCUT2D eigenvalue weighted by atomic mass is 35.5. The standard InChI is InChI=1S/C25H21ClN2O3/c1-15-9-11-19(13-16(15)2)28-24(29)22(17-7-5-4-6-8-17)23(25(28)30)27-20-14-18(26)10-12-21(20)31-3/h4-14,27H,1-3H3. The molecular formula is C25H21ClN2O3. The molecule has 0 spiro atoms. The molecule has 1 N–H and O–H groups in total. The summed E-state index contributed by atoms with van der Waals surface area (Å²) in [7, 11) is 1.53. The normalized spacial score (nSPS) is 13.7. The third-order valence-electron chi connectivity index (χ3n) is 5.32. The number of hydrogen-bond acceptors (Lipinski definition) is 4. The zero-order chi connectivity index (χ0) is 22.1. The van der Waals surface area contributed by atoms with Crippen LogP contribution < -0.4 is 15.0 Å². The molecular weight excluding hydrogens is 412 g/mol. The molecule has 0 aromatic heterocycles. The third-order valence-corrected chi connectivity index (χ3v) is 5.55. The first-order valence-electron chi connectivity index (χ1n) is 9.77. The van der Waals surface area contributed by atoms with Crippen molar-refractivity contribution in [3.05, 3.63) is 94.1 Å². The van der Waals surface area contributed by atoms with Crippen molar-refractivity contribution in [1.29, 1.82) is 0 Å². The molecule has 1 aliphatic heterocycles. The van der Waals surface area contributed by atoms with Crippen molar-refractivity contribution in [3.63, 3.8) is 0 Å². The summed E-state index contributed by atoms with van der Waals surface area (Å²) in [5.41, 5.74) is 4.23. The minimum Gasteiger partial charge on any atom is -0.495 e. The molecule has 0 unspecified atom stereocenters. The summed E-state index contributed by atoms with van der Waals surface area (Å²) in [6.07, 6.45) is 0. The SMILES string of the molecule is COc1ccc(Cl)cc1NC1=C(c2ccccc2)C(=O)N(c2ccc(C)c(C)c2)C1=O. The molecule has 0 bridgehead atoms. The monoisotopic (exact) mass is 432 g/mol. The molecule has 1 aliphatic rings. The van der Waals surface area contributed by atoms with Crippen LogP contribution in [-0.2, 0) is 9.59 Å². The summed E-state index contributed by atoms with van der Waals surface area (Å²) in [6, 6.07) is 19.7. The fourth-order valence-electron chi connectivity index (χ4n) is 3.53. The Morgan fingerprint density at radius 1 is 0.871 bits per heavy atom. The predicted octanol–water partition coefficient (Wildman–Crippen LogP) is 5.36. The van der Waals surface area contributed by atoms with Crippen LogP contribution in [0.25, 0.3) is 5.57 Å². The van der Waals surface area contributed by atoms with Gasteiger partial charge in [-0.3, -0.25) is 9.59 Å². The average molecular weight is 433 g/mol. The fourth-order valence-corrected chi connectivity index (χ4v) is 3.70. The van der Waals surface area contributed by atoms with Crippen LogP contribution in [0.3, 0.4) is 0 Å². The highest BCUT2D eigenvalue weighted by Gasteiger charge is 2.40.